The van der Waals surface area contributed by atoms with Gasteiger partial charge in [-0.25, -0.2) is 4.79 Å². The Hall–Kier alpha value is -3.52. The van der Waals surface area contributed by atoms with Crippen LogP contribution in [-0.2, 0) is 24.5 Å². The van der Waals surface area contributed by atoms with E-state index in [1.165, 1.54) is 7.11 Å². The van der Waals surface area contributed by atoms with E-state index in [1.54, 1.807) is 13.4 Å². The fourth-order valence-electron chi connectivity index (χ4n) is 8.11. The average molecular weight is 647 g/mol. The third-order valence-electron chi connectivity index (χ3n) is 10.6. The number of anilines is 1. The molecule has 0 unspecified atom stereocenters. The molecule has 0 aliphatic carbocycles. The highest BCUT2D eigenvalue weighted by atomic mass is 16.5. The summed E-state index contributed by atoms with van der Waals surface area (Å²) in [5, 5.41) is 0. The van der Waals surface area contributed by atoms with E-state index < -0.39 is 5.41 Å². The second kappa shape index (κ2) is 16.5. The molecule has 2 fully saturated rings. The van der Waals surface area contributed by atoms with Crippen LogP contribution >= 0.6 is 0 Å². The summed E-state index contributed by atoms with van der Waals surface area (Å²) < 4.78 is 22.2. The molecule has 256 valence electrons. The van der Waals surface area contributed by atoms with Gasteiger partial charge in [0.2, 0.25) is 5.91 Å². The summed E-state index contributed by atoms with van der Waals surface area (Å²) >= 11 is 0. The van der Waals surface area contributed by atoms with E-state index in [0.29, 0.717) is 18.1 Å². The van der Waals surface area contributed by atoms with Crippen LogP contribution in [0.25, 0.3) is 0 Å². The lowest BCUT2D eigenvalue weighted by Crippen LogP contribution is -2.55. The normalized spacial score (nSPS) is 23.9. The molecule has 0 aromatic heterocycles. The van der Waals surface area contributed by atoms with Gasteiger partial charge in [0, 0.05) is 24.8 Å². The van der Waals surface area contributed by atoms with Gasteiger partial charge in [0.1, 0.15) is 11.5 Å². The van der Waals surface area contributed by atoms with E-state index in [-0.39, 0.29) is 23.8 Å². The number of benzene rings is 2. The van der Waals surface area contributed by atoms with E-state index in [9.17, 15) is 9.59 Å². The highest BCUT2D eigenvalue weighted by Gasteiger charge is 2.62. The third kappa shape index (κ3) is 7.48. The highest BCUT2D eigenvalue weighted by molar-refractivity contribution is 6.09. The average Bonchev–Trinajstić information content (AvgIpc) is 3.59. The molecule has 3 aliphatic rings. The second-order valence-electron chi connectivity index (χ2n) is 13.3. The first-order chi connectivity index (χ1) is 23.0. The Bertz CT molecular complexity index is 1360. The summed E-state index contributed by atoms with van der Waals surface area (Å²) in [6, 6.07) is 16.3. The minimum atomic E-state index is -0.584. The van der Waals surface area contributed by atoms with Crippen molar-refractivity contribution in [3.05, 3.63) is 65.9 Å². The van der Waals surface area contributed by atoms with Gasteiger partial charge >= 0.3 is 5.97 Å². The molecule has 0 saturated carbocycles. The molecule has 8 heteroatoms. The summed E-state index contributed by atoms with van der Waals surface area (Å²) in [4.78, 5) is 32.0. The summed E-state index contributed by atoms with van der Waals surface area (Å²) in [7, 11) is 3.00. The second-order valence-corrected chi connectivity index (χ2v) is 13.3. The lowest BCUT2D eigenvalue weighted by molar-refractivity contribution is -0.137. The van der Waals surface area contributed by atoms with Crippen molar-refractivity contribution in [2.75, 3.05) is 52.0 Å². The summed E-state index contributed by atoms with van der Waals surface area (Å²) in [5.74, 6) is 1.93. The largest absolute Gasteiger partial charge is 0.504 e. The van der Waals surface area contributed by atoms with Gasteiger partial charge in [-0.15, -0.1) is 0 Å². The molecule has 3 aliphatic heterocycles. The minimum Gasteiger partial charge on any atom is -0.504 e. The number of rotatable bonds is 17. The van der Waals surface area contributed by atoms with Crippen molar-refractivity contribution in [1.29, 1.82) is 0 Å². The van der Waals surface area contributed by atoms with Crippen LogP contribution in [-0.4, -0.2) is 69.9 Å². The van der Waals surface area contributed by atoms with Gasteiger partial charge in [0.25, 0.3) is 0 Å². The van der Waals surface area contributed by atoms with Crippen molar-refractivity contribution in [2.24, 2.45) is 11.8 Å². The van der Waals surface area contributed by atoms with Gasteiger partial charge in [0.05, 0.1) is 44.7 Å². The standard InChI is InChI=1S/C39H54N2O6/c1-5-7-24-46-30-17-19-31(20-18-30)47-25-14-10-8-9-13-22-41-35-16-12-11-15-34(35)39(38(41)43)21-23-40-27-29(6-2)32(26-36(39)40)33(28-44-3)37(42)45-4/h11-12,15-20,28-29,32,36H,5-10,13-14,21-27H2,1-4H3/b33-28+/t29-,32-,36-,39+/m0/s1. The molecular formula is C39H54N2O6. The van der Waals surface area contributed by atoms with Gasteiger partial charge in [-0.05, 0) is 86.4 Å². The number of hydrogen-bond acceptors (Lipinski definition) is 7. The van der Waals surface area contributed by atoms with Crippen LogP contribution in [0.5, 0.6) is 11.5 Å². The molecule has 0 N–H and O–H groups in total. The number of esters is 1. The van der Waals surface area contributed by atoms with Gasteiger partial charge in [-0.1, -0.05) is 64.2 Å². The maximum absolute atomic E-state index is 14.6. The van der Waals surface area contributed by atoms with Crippen molar-refractivity contribution >= 4 is 17.6 Å². The van der Waals surface area contributed by atoms with E-state index >= 15 is 0 Å². The Balaban J connectivity index is 1.15. The predicted octanol–water partition coefficient (Wildman–Crippen LogP) is 7.30. The molecule has 8 nitrogen and oxygen atoms in total. The molecule has 0 bridgehead atoms. The Morgan fingerprint density at radius 1 is 0.915 bits per heavy atom. The fraction of sp³-hybridized carbons (Fsp3) is 0.590. The number of methoxy groups -OCH3 is 2. The van der Waals surface area contributed by atoms with Crippen LogP contribution < -0.4 is 14.4 Å². The number of piperidine rings is 1. The third-order valence-corrected chi connectivity index (χ3v) is 10.6. The summed E-state index contributed by atoms with van der Waals surface area (Å²) in [6.07, 6.45) is 11.5. The van der Waals surface area contributed by atoms with E-state index in [4.69, 9.17) is 18.9 Å². The van der Waals surface area contributed by atoms with Gasteiger partial charge in [-0.3, -0.25) is 9.69 Å². The van der Waals surface area contributed by atoms with Crippen LogP contribution in [0.3, 0.4) is 0 Å². The predicted molar refractivity (Wildman–Crippen MR) is 185 cm³/mol. The van der Waals surface area contributed by atoms with Crippen molar-refractivity contribution in [3.8, 4) is 11.5 Å². The molecule has 5 rings (SSSR count). The maximum Gasteiger partial charge on any atom is 0.337 e. The Labute approximate surface area is 281 Å². The molecule has 3 heterocycles. The number of fused-ring (bicyclic) bond motifs is 4. The monoisotopic (exact) mass is 646 g/mol. The van der Waals surface area contributed by atoms with Crippen LogP contribution in [0.4, 0.5) is 5.69 Å². The van der Waals surface area contributed by atoms with Crippen molar-refractivity contribution in [1.82, 2.24) is 4.90 Å². The topological polar surface area (TPSA) is 77.5 Å². The number of unbranched alkanes of at least 4 members (excludes halogenated alkanes) is 5. The summed E-state index contributed by atoms with van der Waals surface area (Å²) in [5.41, 5.74) is 2.21. The molecule has 47 heavy (non-hydrogen) atoms. The zero-order chi connectivity index (χ0) is 33.2. The Morgan fingerprint density at radius 3 is 2.28 bits per heavy atom. The quantitative estimate of drug-likeness (QED) is 0.0773. The van der Waals surface area contributed by atoms with Crippen molar-refractivity contribution < 1.29 is 28.5 Å². The molecule has 2 saturated heterocycles. The van der Waals surface area contributed by atoms with Crippen molar-refractivity contribution in [3.63, 3.8) is 0 Å². The van der Waals surface area contributed by atoms with E-state index in [2.05, 4.69) is 41.8 Å². The van der Waals surface area contributed by atoms with E-state index in [1.807, 2.05) is 30.3 Å². The lowest BCUT2D eigenvalue weighted by Gasteiger charge is -2.45. The first kappa shape index (κ1) is 34.8. The molecular weight excluding hydrogens is 592 g/mol. The fourth-order valence-corrected chi connectivity index (χ4v) is 8.11. The van der Waals surface area contributed by atoms with E-state index in [0.717, 1.165) is 113 Å². The van der Waals surface area contributed by atoms with Crippen LogP contribution in [0.15, 0.2) is 60.4 Å². The van der Waals surface area contributed by atoms with Crippen LogP contribution in [0.2, 0.25) is 0 Å². The molecule has 2 aromatic carbocycles. The molecule has 0 radical (unpaired) electrons. The molecule has 2 aromatic rings. The molecule has 1 amide bonds. The zero-order valence-electron chi connectivity index (χ0n) is 28.9. The molecule has 1 spiro atoms. The summed E-state index contributed by atoms with van der Waals surface area (Å²) in [6.45, 7) is 8.27. The van der Waals surface area contributed by atoms with Gasteiger partial charge < -0.3 is 23.8 Å². The number of carbonyl (C=O) groups is 2. The minimum absolute atomic E-state index is 0.0226. The smallest absolute Gasteiger partial charge is 0.337 e. The number of carbonyl (C=O) groups excluding carboxylic acids is 2. The van der Waals surface area contributed by atoms with Gasteiger partial charge in [0.15, 0.2) is 0 Å². The Morgan fingerprint density at radius 2 is 1.60 bits per heavy atom. The van der Waals surface area contributed by atoms with Crippen molar-refractivity contribution in [2.45, 2.75) is 89.5 Å². The maximum atomic E-state index is 14.6. The van der Waals surface area contributed by atoms with Gasteiger partial charge in [-0.2, -0.15) is 0 Å². The molecule has 4 atom stereocenters. The van der Waals surface area contributed by atoms with Crippen LogP contribution in [0, 0.1) is 11.8 Å². The number of amides is 1. The SMILES string of the molecule is CCCCOc1ccc(OCCCCCCCN2C(=O)[C@]3(CCN4C[C@H](CC)[C@@H](/C(=C\OC)C(=O)OC)C[C@H]43)c3ccccc32)cc1. The number of ether oxygens (including phenoxy) is 4. The first-order valence-corrected chi connectivity index (χ1v) is 17.8. The lowest BCUT2D eigenvalue weighted by atomic mass is 9.67. The highest BCUT2D eigenvalue weighted by Crippen LogP contribution is 2.55. The number of nitrogens with zero attached hydrogens (tertiary/aromatic N) is 2. The van der Waals surface area contributed by atoms with Crippen LogP contribution in [0.1, 0.15) is 83.6 Å². The first-order valence-electron chi connectivity index (χ1n) is 17.8. The zero-order valence-corrected chi connectivity index (χ0v) is 28.9. The Kier molecular flexibility index (Phi) is 12.2. The number of hydrogen-bond donors (Lipinski definition) is 0. The number of para-hydroxylation sites is 1.